The number of aldehydes is 2. The fourth-order valence-electron chi connectivity index (χ4n) is 1.45. The molecule has 0 aromatic heterocycles. The number of benzene rings is 2. The van der Waals surface area contributed by atoms with Gasteiger partial charge >= 0.3 is 0 Å². The van der Waals surface area contributed by atoms with Gasteiger partial charge in [-0.25, -0.2) is 0 Å². The van der Waals surface area contributed by atoms with Crippen molar-refractivity contribution < 1.29 is 9.59 Å². The molecule has 84 valence electrons. The summed E-state index contributed by atoms with van der Waals surface area (Å²) < 4.78 is 0. The van der Waals surface area contributed by atoms with Crippen LogP contribution in [0.3, 0.4) is 0 Å². The normalized spacial score (nSPS) is 9.88. The van der Waals surface area contributed by atoms with Crippen molar-refractivity contribution in [2.24, 2.45) is 0 Å². The third-order valence-electron chi connectivity index (χ3n) is 2.29. The van der Waals surface area contributed by atoms with Gasteiger partial charge in [-0.05, 0) is 30.3 Å². The van der Waals surface area contributed by atoms with Crippen LogP contribution in [0.5, 0.6) is 0 Å². The fraction of sp³-hybridized carbons (Fsp3) is 0. The number of rotatable bonds is 4. The first-order valence-electron chi connectivity index (χ1n) is 5.11. The molecule has 0 aliphatic rings. The lowest BCUT2D eigenvalue weighted by Gasteiger charge is -2.03. The van der Waals surface area contributed by atoms with Crippen LogP contribution in [-0.2, 0) is 0 Å². The number of hydrogen-bond acceptors (Lipinski definition) is 3. The zero-order valence-corrected chi connectivity index (χ0v) is 9.81. The molecule has 0 spiro atoms. The van der Waals surface area contributed by atoms with E-state index in [4.69, 9.17) is 0 Å². The highest BCUT2D eigenvalue weighted by Crippen LogP contribution is 2.28. The molecule has 0 saturated heterocycles. The van der Waals surface area contributed by atoms with E-state index >= 15 is 0 Å². The van der Waals surface area contributed by atoms with Gasteiger partial charge in [-0.1, -0.05) is 30.0 Å². The first kappa shape index (κ1) is 11.6. The lowest BCUT2D eigenvalue weighted by atomic mass is 10.1. The Morgan fingerprint density at radius 1 is 0.765 bits per heavy atom. The van der Waals surface area contributed by atoms with Crippen molar-refractivity contribution >= 4 is 24.3 Å². The van der Waals surface area contributed by atoms with E-state index in [0.717, 1.165) is 9.79 Å². The zero-order valence-electron chi connectivity index (χ0n) is 9.00. The summed E-state index contributed by atoms with van der Waals surface area (Å²) in [5.41, 5.74) is 0.860. The Morgan fingerprint density at radius 3 is 2.12 bits per heavy atom. The van der Waals surface area contributed by atoms with Crippen LogP contribution in [0.1, 0.15) is 20.7 Å². The van der Waals surface area contributed by atoms with E-state index in [1.165, 1.54) is 0 Å². The lowest BCUT2D eigenvalue weighted by Crippen LogP contribution is -1.90. The van der Waals surface area contributed by atoms with Crippen LogP contribution in [0.4, 0.5) is 0 Å². The molecule has 0 radical (unpaired) electrons. The standard InChI is InChI=1S/C14H10O2S/c15-9-11-6-7-14(8-12(11)10-16)17-13-4-2-1-3-5-13/h1-10H. The van der Waals surface area contributed by atoms with E-state index in [2.05, 4.69) is 0 Å². The van der Waals surface area contributed by atoms with Crippen molar-refractivity contribution in [3.63, 3.8) is 0 Å². The van der Waals surface area contributed by atoms with Gasteiger partial charge in [-0.3, -0.25) is 9.59 Å². The molecule has 2 nitrogen and oxygen atoms in total. The van der Waals surface area contributed by atoms with E-state index in [9.17, 15) is 9.59 Å². The van der Waals surface area contributed by atoms with E-state index in [1.807, 2.05) is 36.4 Å². The predicted molar refractivity (Wildman–Crippen MR) is 67.8 cm³/mol. The summed E-state index contributed by atoms with van der Waals surface area (Å²) in [6, 6.07) is 15.1. The first-order valence-corrected chi connectivity index (χ1v) is 5.92. The molecule has 0 aliphatic heterocycles. The maximum absolute atomic E-state index is 10.8. The second-order valence-corrected chi connectivity index (χ2v) is 4.59. The molecule has 0 bridgehead atoms. The molecule has 0 saturated carbocycles. The van der Waals surface area contributed by atoms with Crippen molar-refractivity contribution in [1.29, 1.82) is 0 Å². The van der Waals surface area contributed by atoms with Gasteiger partial charge in [0.25, 0.3) is 0 Å². The molecule has 2 rings (SSSR count). The van der Waals surface area contributed by atoms with Crippen LogP contribution in [0.2, 0.25) is 0 Å². The zero-order chi connectivity index (χ0) is 12.1. The van der Waals surface area contributed by atoms with Gasteiger partial charge in [-0.2, -0.15) is 0 Å². The van der Waals surface area contributed by atoms with Gasteiger partial charge < -0.3 is 0 Å². The maximum atomic E-state index is 10.8. The summed E-state index contributed by atoms with van der Waals surface area (Å²) >= 11 is 1.56. The van der Waals surface area contributed by atoms with E-state index in [-0.39, 0.29) is 0 Å². The van der Waals surface area contributed by atoms with Gasteiger partial charge in [-0.15, -0.1) is 0 Å². The highest BCUT2D eigenvalue weighted by molar-refractivity contribution is 7.99. The molecule has 0 N–H and O–H groups in total. The third kappa shape index (κ3) is 2.82. The molecule has 0 unspecified atom stereocenters. The van der Waals surface area contributed by atoms with Gasteiger partial charge in [0.15, 0.2) is 12.6 Å². The van der Waals surface area contributed by atoms with Gasteiger partial charge in [0.2, 0.25) is 0 Å². The lowest BCUT2D eigenvalue weighted by molar-refractivity contribution is 0.109. The van der Waals surface area contributed by atoms with Gasteiger partial charge in [0.05, 0.1) is 0 Å². The molecular formula is C14H10O2S. The second kappa shape index (κ2) is 5.46. The minimum atomic E-state index is 0.428. The second-order valence-electron chi connectivity index (χ2n) is 3.44. The van der Waals surface area contributed by atoms with Crippen LogP contribution >= 0.6 is 11.8 Å². The van der Waals surface area contributed by atoms with Crippen LogP contribution in [0.15, 0.2) is 58.3 Å². The number of hydrogen-bond donors (Lipinski definition) is 0. The summed E-state index contributed by atoms with van der Waals surface area (Å²) in [5.74, 6) is 0. The SMILES string of the molecule is O=Cc1ccc(Sc2ccccc2)cc1C=O. The average molecular weight is 242 g/mol. The van der Waals surface area contributed by atoms with E-state index < -0.39 is 0 Å². The van der Waals surface area contributed by atoms with E-state index in [0.29, 0.717) is 23.7 Å². The number of carbonyl (C=O) groups is 2. The molecule has 3 heteroatoms. The molecule has 0 heterocycles. The summed E-state index contributed by atoms with van der Waals surface area (Å²) in [5, 5.41) is 0. The Labute approximate surface area is 104 Å². The summed E-state index contributed by atoms with van der Waals surface area (Å²) in [4.78, 5) is 23.6. The number of carbonyl (C=O) groups excluding carboxylic acids is 2. The first-order chi connectivity index (χ1) is 8.33. The van der Waals surface area contributed by atoms with Crippen molar-refractivity contribution in [3.05, 3.63) is 59.7 Å². The molecule has 17 heavy (non-hydrogen) atoms. The van der Waals surface area contributed by atoms with Crippen LogP contribution in [0, 0.1) is 0 Å². The van der Waals surface area contributed by atoms with Crippen LogP contribution < -0.4 is 0 Å². The van der Waals surface area contributed by atoms with Gasteiger partial charge in [0.1, 0.15) is 0 Å². The monoisotopic (exact) mass is 242 g/mol. The minimum Gasteiger partial charge on any atom is -0.298 e. The largest absolute Gasteiger partial charge is 0.298 e. The Morgan fingerprint density at radius 2 is 1.47 bits per heavy atom. The molecule has 0 atom stereocenters. The Balaban J connectivity index is 2.28. The van der Waals surface area contributed by atoms with Crippen molar-refractivity contribution in [2.45, 2.75) is 9.79 Å². The van der Waals surface area contributed by atoms with Crippen LogP contribution in [0.25, 0.3) is 0 Å². The highest BCUT2D eigenvalue weighted by atomic mass is 32.2. The molecule has 2 aromatic carbocycles. The topological polar surface area (TPSA) is 34.1 Å². The van der Waals surface area contributed by atoms with Gasteiger partial charge in [0, 0.05) is 20.9 Å². The molecule has 0 fully saturated rings. The highest BCUT2D eigenvalue weighted by Gasteiger charge is 2.03. The summed E-state index contributed by atoms with van der Waals surface area (Å²) in [6.45, 7) is 0. The smallest absolute Gasteiger partial charge is 0.150 e. The third-order valence-corrected chi connectivity index (χ3v) is 3.29. The average Bonchev–Trinajstić information content (AvgIpc) is 2.40. The fourth-order valence-corrected chi connectivity index (χ4v) is 2.34. The minimum absolute atomic E-state index is 0.428. The van der Waals surface area contributed by atoms with Crippen molar-refractivity contribution in [2.75, 3.05) is 0 Å². The van der Waals surface area contributed by atoms with Crippen molar-refractivity contribution in [1.82, 2.24) is 0 Å². The Bertz CT molecular complexity index is 535. The Hall–Kier alpha value is -1.87. The molecule has 2 aromatic rings. The van der Waals surface area contributed by atoms with Crippen molar-refractivity contribution in [3.8, 4) is 0 Å². The van der Waals surface area contributed by atoms with E-state index in [1.54, 1.807) is 23.9 Å². The molecule has 0 amide bonds. The molecule has 0 aliphatic carbocycles. The Kier molecular flexibility index (Phi) is 3.73. The summed E-state index contributed by atoms with van der Waals surface area (Å²) in [7, 11) is 0. The van der Waals surface area contributed by atoms with Crippen LogP contribution in [-0.4, -0.2) is 12.6 Å². The molecular weight excluding hydrogens is 232 g/mol. The predicted octanol–water partition coefficient (Wildman–Crippen LogP) is 3.46. The quantitative estimate of drug-likeness (QED) is 0.770. The maximum Gasteiger partial charge on any atom is 0.150 e. The summed E-state index contributed by atoms with van der Waals surface area (Å²) in [6.07, 6.45) is 1.40.